The lowest BCUT2D eigenvalue weighted by molar-refractivity contribution is -0.275. The smallest absolute Gasteiger partial charge is 0.406 e. The number of hydrogen-bond donors (Lipinski definition) is 0. The van der Waals surface area contributed by atoms with Crippen molar-refractivity contribution < 1.29 is 35.8 Å². The number of fused-ring (bicyclic) bond motifs is 6. The van der Waals surface area contributed by atoms with E-state index in [2.05, 4.69) is 9.47 Å². The van der Waals surface area contributed by atoms with Gasteiger partial charge in [-0.25, -0.2) is 0 Å². The summed E-state index contributed by atoms with van der Waals surface area (Å²) in [6.45, 7) is 0. The van der Waals surface area contributed by atoms with E-state index in [0.717, 1.165) is 24.3 Å². The maximum atomic E-state index is 12.9. The summed E-state index contributed by atoms with van der Waals surface area (Å²) in [5.74, 6) is -5.73. The number of hydrogen-bond acceptors (Lipinski definition) is 6. The molecule has 40 heavy (non-hydrogen) atoms. The van der Waals surface area contributed by atoms with Crippen LogP contribution in [0.2, 0.25) is 0 Å². The molecule has 0 N–H and O–H groups in total. The molecule has 0 amide bonds. The van der Waals surface area contributed by atoms with Gasteiger partial charge in [-0.1, -0.05) is 18.2 Å². The lowest BCUT2D eigenvalue weighted by Gasteiger charge is -2.18. The molecule has 0 aliphatic heterocycles. The fraction of sp³-hybridized carbons (Fsp3) is 0.214. The van der Waals surface area contributed by atoms with Gasteiger partial charge >= 0.3 is 12.7 Å². The van der Waals surface area contributed by atoms with Gasteiger partial charge in [0, 0.05) is 11.8 Å². The molecule has 0 heterocycles. The lowest BCUT2D eigenvalue weighted by atomic mass is 9.81. The normalized spacial score (nSPS) is 16.6. The minimum Gasteiger partial charge on any atom is -0.406 e. The largest absolute Gasteiger partial charge is 0.573 e. The van der Waals surface area contributed by atoms with Gasteiger partial charge in [0.1, 0.15) is 23.3 Å². The van der Waals surface area contributed by atoms with Gasteiger partial charge < -0.3 is 9.47 Å². The molecule has 12 heteroatoms. The fourth-order valence-electron chi connectivity index (χ4n) is 5.51. The van der Waals surface area contributed by atoms with Crippen molar-refractivity contribution in [3.63, 3.8) is 0 Å². The first-order valence-electron chi connectivity index (χ1n) is 11.5. The zero-order valence-electron chi connectivity index (χ0n) is 19.8. The molecule has 2 unspecified atom stereocenters. The van der Waals surface area contributed by atoms with E-state index >= 15 is 0 Å². The Hall–Kier alpha value is -5.20. The van der Waals surface area contributed by atoms with E-state index in [1.807, 2.05) is 24.3 Å². The summed E-state index contributed by atoms with van der Waals surface area (Å²) in [5.41, 5.74) is 3.13. The van der Waals surface area contributed by atoms with Crippen molar-refractivity contribution in [2.75, 3.05) is 0 Å². The quantitative estimate of drug-likeness (QED) is 0.322. The minimum atomic E-state index is -4.98. The summed E-state index contributed by atoms with van der Waals surface area (Å²) in [6, 6.07) is 17.8. The van der Waals surface area contributed by atoms with E-state index in [4.69, 9.17) is 0 Å². The lowest BCUT2D eigenvalue weighted by Crippen LogP contribution is -2.17. The van der Waals surface area contributed by atoms with Crippen LogP contribution in [-0.2, 0) is 0 Å². The van der Waals surface area contributed by atoms with Crippen LogP contribution in [-0.4, -0.2) is 12.7 Å². The van der Waals surface area contributed by atoms with Crippen molar-refractivity contribution in [3.8, 4) is 58.0 Å². The SMILES string of the molecule is N#CC(C#N)C1c2cc(OC(F)(F)F)ccc2-c2cc3c(cc21)C(C(C#N)C#N)c1cc(OC(F)(F)F)ccc1-3. The zero-order valence-corrected chi connectivity index (χ0v) is 19.8. The van der Waals surface area contributed by atoms with Crippen LogP contribution >= 0.6 is 0 Å². The van der Waals surface area contributed by atoms with Crippen LogP contribution in [0, 0.1) is 57.2 Å². The molecular weight excluding hydrogens is 538 g/mol. The van der Waals surface area contributed by atoms with Crippen LogP contribution in [0.15, 0.2) is 48.5 Å². The van der Waals surface area contributed by atoms with Gasteiger partial charge in [-0.2, -0.15) is 21.0 Å². The first kappa shape index (κ1) is 26.4. The Kier molecular flexibility index (Phi) is 6.09. The van der Waals surface area contributed by atoms with Gasteiger partial charge in [-0.3, -0.25) is 0 Å². The fourth-order valence-corrected chi connectivity index (χ4v) is 5.51. The predicted octanol–water partition coefficient (Wildman–Crippen LogP) is 7.04. The first-order chi connectivity index (χ1) is 18.9. The molecule has 0 saturated heterocycles. The summed E-state index contributed by atoms with van der Waals surface area (Å²) in [6.07, 6.45) is -9.95. The topological polar surface area (TPSA) is 114 Å². The van der Waals surface area contributed by atoms with Crippen LogP contribution in [0.5, 0.6) is 11.5 Å². The number of benzene rings is 3. The number of ether oxygens (including phenoxy) is 2. The number of rotatable bonds is 4. The van der Waals surface area contributed by atoms with Gasteiger partial charge in [-0.15, -0.1) is 26.3 Å². The van der Waals surface area contributed by atoms with Crippen LogP contribution < -0.4 is 9.47 Å². The van der Waals surface area contributed by atoms with E-state index in [9.17, 15) is 47.4 Å². The minimum absolute atomic E-state index is 0.247. The average molecular weight is 550 g/mol. The molecule has 0 fully saturated rings. The Balaban J connectivity index is 1.74. The van der Waals surface area contributed by atoms with E-state index in [-0.39, 0.29) is 11.1 Å². The second-order valence-corrected chi connectivity index (χ2v) is 9.05. The molecule has 2 atom stereocenters. The monoisotopic (exact) mass is 550 g/mol. The highest BCUT2D eigenvalue weighted by molar-refractivity contribution is 5.89. The molecule has 6 nitrogen and oxygen atoms in total. The highest BCUT2D eigenvalue weighted by Crippen LogP contribution is 2.56. The molecule has 0 spiro atoms. The number of nitrogens with zero attached hydrogens (tertiary/aromatic N) is 4. The number of nitriles is 4. The molecular formula is C28H12F6N4O2. The first-order valence-corrected chi connectivity index (χ1v) is 11.5. The molecule has 0 aromatic heterocycles. The number of alkyl halides is 6. The zero-order chi connectivity index (χ0) is 29.0. The molecule has 3 aromatic carbocycles. The highest BCUT2D eigenvalue weighted by Gasteiger charge is 2.42. The van der Waals surface area contributed by atoms with Crippen molar-refractivity contribution in [2.45, 2.75) is 24.6 Å². The van der Waals surface area contributed by atoms with Gasteiger partial charge in [0.2, 0.25) is 0 Å². The second-order valence-electron chi connectivity index (χ2n) is 9.05. The maximum Gasteiger partial charge on any atom is 0.573 e. The van der Waals surface area contributed by atoms with Crippen LogP contribution in [0.25, 0.3) is 22.3 Å². The average Bonchev–Trinajstić information content (AvgIpc) is 3.34. The summed E-state index contributed by atoms with van der Waals surface area (Å²) >= 11 is 0. The summed E-state index contributed by atoms with van der Waals surface area (Å²) in [4.78, 5) is 0. The predicted molar refractivity (Wildman–Crippen MR) is 124 cm³/mol. The van der Waals surface area contributed by atoms with Crippen molar-refractivity contribution >= 4 is 0 Å². The summed E-state index contributed by atoms with van der Waals surface area (Å²) in [5, 5.41) is 38.8. The van der Waals surface area contributed by atoms with Crippen LogP contribution in [0.4, 0.5) is 26.3 Å². The number of halogens is 6. The van der Waals surface area contributed by atoms with E-state index < -0.39 is 47.9 Å². The third-order valence-electron chi connectivity index (χ3n) is 6.88. The van der Waals surface area contributed by atoms with Gasteiger partial charge in [0.05, 0.1) is 24.3 Å². The Morgan fingerprint density at radius 1 is 0.525 bits per heavy atom. The van der Waals surface area contributed by atoms with Gasteiger partial charge in [0.25, 0.3) is 0 Å². The van der Waals surface area contributed by atoms with Gasteiger partial charge in [0.15, 0.2) is 0 Å². The highest BCUT2D eigenvalue weighted by atomic mass is 19.4. The molecule has 3 aromatic rings. The van der Waals surface area contributed by atoms with Crippen molar-refractivity contribution in [2.24, 2.45) is 11.8 Å². The Labute approximate surface area is 222 Å². The van der Waals surface area contributed by atoms with Crippen molar-refractivity contribution in [1.82, 2.24) is 0 Å². The molecule has 2 aliphatic carbocycles. The molecule has 0 radical (unpaired) electrons. The Morgan fingerprint density at radius 2 is 0.875 bits per heavy atom. The van der Waals surface area contributed by atoms with E-state index in [0.29, 0.717) is 33.4 Å². The van der Waals surface area contributed by atoms with Crippen molar-refractivity contribution in [1.29, 1.82) is 21.0 Å². The Bertz CT molecular complexity index is 1570. The molecule has 0 saturated carbocycles. The third-order valence-corrected chi connectivity index (χ3v) is 6.88. The Morgan fingerprint density at radius 3 is 1.20 bits per heavy atom. The van der Waals surface area contributed by atoms with Crippen LogP contribution in [0.3, 0.4) is 0 Å². The summed E-state index contributed by atoms with van der Waals surface area (Å²) in [7, 11) is 0. The standard InChI is InChI=1S/C28H12F6N4O2/c29-27(30,31)39-15-1-3-17-19-7-20-18-4-2-16(40-28(32,33)34)6-22(18)26(14(11-37)12-38)24(20)8-23(19)25(21(17)5-15)13(9-35)10-36/h1-8,13-14,25-26H. The van der Waals surface area contributed by atoms with Crippen LogP contribution in [0.1, 0.15) is 34.1 Å². The second kappa shape index (κ2) is 9.22. The van der Waals surface area contributed by atoms with E-state index in [1.165, 1.54) is 12.1 Å². The third kappa shape index (κ3) is 4.40. The van der Waals surface area contributed by atoms with E-state index in [1.54, 1.807) is 12.1 Å². The molecule has 0 bridgehead atoms. The van der Waals surface area contributed by atoms with Crippen molar-refractivity contribution in [3.05, 3.63) is 70.8 Å². The molecule has 198 valence electrons. The summed E-state index contributed by atoms with van der Waals surface area (Å²) < 4.78 is 85.5. The maximum absolute atomic E-state index is 12.9. The van der Waals surface area contributed by atoms with Gasteiger partial charge in [-0.05, 0) is 74.8 Å². The molecule has 2 aliphatic rings. The molecule has 5 rings (SSSR count).